The molecule has 0 radical (unpaired) electrons. The summed E-state index contributed by atoms with van der Waals surface area (Å²) in [5.41, 5.74) is 1.55. The number of alkyl halides is 3. The first-order valence-electron chi connectivity index (χ1n) is 13.3. The minimum absolute atomic E-state index is 0.132. The first-order chi connectivity index (χ1) is 18.6. The predicted octanol–water partition coefficient (Wildman–Crippen LogP) is 2.38. The van der Waals surface area contributed by atoms with Gasteiger partial charge in [-0.3, -0.25) is 9.69 Å². The summed E-state index contributed by atoms with van der Waals surface area (Å²) < 4.78 is 41.4. The molecule has 1 N–H and O–H groups in total. The maximum absolute atomic E-state index is 13.8. The van der Waals surface area contributed by atoms with Gasteiger partial charge in [-0.15, -0.1) is 0 Å². The maximum atomic E-state index is 13.8. The Labute approximate surface area is 227 Å². The number of likely N-dealkylation sites (N-methyl/N-ethyl adjacent to an activating group) is 1. The van der Waals surface area contributed by atoms with Crippen LogP contribution in [0.2, 0.25) is 0 Å². The summed E-state index contributed by atoms with van der Waals surface area (Å²) in [6.07, 6.45) is -2.90. The Morgan fingerprint density at radius 1 is 1.10 bits per heavy atom. The van der Waals surface area contributed by atoms with Crippen LogP contribution in [-0.2, 0) is 17.4 Å². The molecule has 1 aromatic heterocycles. The van der Waals surface area contributed by atoms with Crippen LogP contribution in [0.25, 0.3) is 0 Å². The average molecular weight is 545 g/mol. The summed E-state index contributed by atoms with van der Waals surface area (Å²) in [5.74, 6) is -1.04. The molecule has 39 heavy (non-hydrogen) atoms. The molecule has 2 fully saturated rings. The van der Waals surface area contributed by atoms with Gasteiger partial charge >= 0.3 is 6.18 Å². The molecule has 2 saturated heterocycles. The van der Waals surface area contributed by atoms with Gasteiger partial charge in [0.05, 0.1) is 11.6 Å². The van der Waals surface area contributed by atoms with Crippen molar-refractivity contribution in [1.29, 1.82) is 5.26 Å². The number of nitrogens with one attached hydrogen (secondary N) is 1. The highest BCUT2D eigenvalue weighted by Crippen LogP contribution is 2.33. The summed E-state index contributed by atoms with van der Waals surface area (Å²) in [7, 11) is 4.03. The van der Waals surface area contributed by atoms with Crippen LogP contribution < -0.4 is 15.1 Å². The molecular formula is C27H35F3N8O. The third-order valence-electron chi connectivity index (χ3n) is 7.16. The number of nitriles is 1. The minimum atomic E-state index is -4.70. The van der Waals surface area contributed by atoms with E-state index in [4.69, 9.17) is 5.26 Å². The summed E-state index contributed by atoms with van der Waals surface area (Å²) in [6, 6.07) is 10.2. The first kappa shape index (κ1) is 28.6. The van der Waals surface area contributed by atoms with Crippen LogP contribution in [-0.4, -0.2) is 98.2 Å². The third kappa shape index (κ3) is 7.58. The zero-order chi connectivity index (χ0) is 28.0. The van der Waals surface area contributed by atoms with Gasteiger partial charge in [0.1, 0.15) is 17.7 Å². The molecule has 0 aliphatic carbocycles. The highest BCUT2D eigenvalue weighted by Gasteiger charge is 2.38. The van der Waals surface area contributed by atoms with Crippen LogP contribution in [0.1, 0.15) is 29.8 Å². The van der Waals surface area contributed by atoms with Crippen molar-refractivity contribution < 1.29 is 18.0 Å². The molecule has 0 unspecified atom stereocenters. The lowest BCUT2D eigenvalue weighted by Crippen LogP contribution is -2.48. The smallest absolute Gasteiger partial charge is 0.354 e. The van der Waals surface area contributed by atoms with Crippen molar-refractivity contribution in [2.75, 3.05) is 76.3 Å². The standard InChI is InChI=1S/C27H35F3N8O/c1-35(2)12-13-36-14-16-37(17-15-36)23-18-24(34-26(33-23)27(28,29)30)38-11-3-4-22(38)25(39)32-10-9-20-5-7-21(19-31)8-6-20/h5-8,18,22H,3-4,9-17H2,1-2H3,(H,32,39)/t22-/m0/s1. The summed E-state index contributed by atoms with van der Waals surface area (Å²) >= 11 is 0. The normalized spacial score (nSPS) is 18.4. The zero-order valence-corrected chi connectivity index (χ0v) is 22.4. The van der Waals surface area contributed by atoms with Crippen LogP contribution in [0.5, 0.6) is 0 Å². The second-order valence-corrected chi connectivity index (χ2v) is 10.2. The Morgan fingerprint density at radius 3 is 2.44 bits per heavy atom. The number of carbonyl (C=O) groups is 1. The lowest BCUT2D eigenvalue weighted by molar-refractivity contribution is -0.144. The van der Waals surface area contributed by atoms with E-state index in [1.807, 2.05) is 31.1 Å². The van der Waals surface area contributed by atoms with E-state index in [0.717, 1.165) is 31.7 Å². The minimum Gasteiger partial charge on any atom is -0.354 e. The fraction of sp³-hybridized carbons (Fsp3) is 0.556. The van der Waals surface area contributed by atoms with E-state index in [1.165, 1.54) is 0 Å². The molecular weight excluding hydrogens is 509 g/mol. The molecule has 1 atom stereocenters. The quantitative estimate of drug-likeness (QED) is 0.515. The molecule has 2 aliphatic heterocycles. The number of aromatic nitrogens is 2. The second-order valence-electron chi connectivity index (χ2n) is 10.2. The van der Waals surface area contributed by atoms with Crippen molar-refractivity contribution in [3.05, 3.63) is 47.3 Å². The molecule has 0 bridgehead atoms. The summed E-state index contributed by atoms with van der Waals surface area (Å²) in [5, 5.41) is 11.8. The highest BCUT2D eigenvalue weighted by atomic mass is 19.4. The number of hydrogen-bond acceptors (Lipinski definition) is 8. The van der Waals surface area contributed by atoms with Gasteiger partial charge in [0.2, 0.25) is 11.7 Å². The number of halogens is 3. The largest absolute Gasteiger partial charge is 0.451 e. The van der Waals surface area contributed by atoms with Crippen molar-refractivity contribution in [3.63, 3.8) is 0 Å². The van der Waals surface area contributed by atoms with E-state index in [9.17, 15) is 18.0 Å². The number of rotatable bonds is 9. The van der Waals surface area contributed by atoms with Gasteiger partial charge in [-0.25, -0.2) is 9.97 Å². The van der Waals surface area contributed by atoms with Crippen molar-refractivity contribution in [1.82, 2.24) is 25.1 Å². The van der Waals surface area contributed by atoms with E-state index in [0.29, 0.717) is 51.0 Å². The van der Waals surface area contributed by atoms with Crippen molar-refractivity contribution in [3.8, 4) is 6.07 Å². The summed E-state index contributed by atoms with van der Waals surface area (Å²) in [4.78, 5) is 28.7. The van der Waals surface area contributed by atoms with Crippen LogP contribution in [0.4, 0.5) is 24.8 Å². The molecule has 1 amide bonds. The van der Waals surface area contributed by atoms with Crippen LogP contribution >= 0.6 is 0 Å². The number of amides is 1. The molecule has 3 heterocycles. The van der Waals surface area contributed by atoms with Gasteiger partial charge in [0.15, 0.2) is 0 Å². The fourth-order valence-corrected chi connectivity index (χ4v) is 4.91. The van der Waals surface area contributed by atoms with Gasteiger partial charge in [0.25, 0.3) is 0 Å². The van der Waals surface area contributed by atoms with E-state index < -0.39 is 18.0 Å². The van der Waals surface area contributed by atoms with Crippen molar-refractivity contribution in [2.24, 2.45) is 0 Å². The molecule has 210 valence electrons. The Hall–Kier alpha value is -3.43. The number of nitrogens with zero attached hydrogens (tertiary/aromatic N) is 7. The fourth-order valence-electron chi connectivity index (χ4n) is 4.91. The Bertz CT molecular complexity index is 1160. The Balaban J connectivity index is 1.44. The summed E-state index contributed by atoms with van der Waals surface area (Å²) in [6.45, 7) is 5.27. The van der Waals surface area contributed by atoms with Gasteiger partial charge in [-0.2, -0.15) is 18.4 Å². The molecule has 12 heteroatoms. The van der Waals surface area contributed by atoms with E-state index >= 15 is 0 Å². The van der Waals surface area contributed by atoms with Gasteiger partial charge < -0.3 is 20.0 Å². The lowest BCUT2D eigenvalue weighted by atomic mass is 10.1. The molecule has 0 saturated carbocycles. The Kier molecular flexibility index (Phi) is 9.24. The van der Waals surface area contributed by atoms with Gasteiger partial charge in [-0.1, -0.05) is 12.1 Å². The molecule has 2 aliphatic rings. The zero-order valence-electron chi connectivity index (χ0n) is 22.4. The highest BCUT2D eigenvalue weighted by molar-refractivity contribution is 5.85. The topological polar surface area (TPSA) is 91.6 Å². The molecule has 1 aromatic carbocycles. The second kappa shape index (κ2) is 12.6. The van der Waals surface area contributed by atoms with E-state index in [2.05, 4.69) is 31.2 Å². The number of carbonyl (C=O) groups excluding carboxylic acids is 1. The first-order valence-corrected chi connectivity index (χ1v) is 13.3. The maximum Gasteiger partial charge on any atom is 0.451 e. The van der Waals surface area contributed by atoms with Crippen LogP contribution in [0.15, 0.2) is 30.3 Å². The van der Waals surface area contributed by atoms with Gasteiger partial charge in [-0.05, 0) is 51.1 Å². The SMILES string of the molecule is CN(C)CCN1CCN(c2cc(N3CCC[C@H]3C(=O)NCCc3ccc(C#N)cc3)nc(C(F)(F)F)n2)CC1. The average Bonchev–Trinajstić information content (AvgIpc) is 3.42. The molecule has 0 spiro atoms. The van der Waals surface area contributed by atoms with Crippen LogP contribution in [0.3, 0.4) is 0 Å². The van der Waals surface area contributed by atoms with E-state index in [-0.39, 0.29) is 17.5 Å². The van der Waals surface area contributed by atoms with E-state index in [1.54, 1.807) is 23.1 Å². The third-order valence-corrected chi connectivity index (χ3v) is 7.16. The molecule has 9 nitrogen and oxygen atoms in total. The number of benzene rings is 1. The van der Waals surface area contributed by atoms with Crippen LogP contribution in [0, 0.1) is 11.3 Å². The number of piperazine rings is 1. The number of anilines is 2. The lowest BCUT2D eigenvalue weighted by Gasteiger charge is -2.36. The van der Waals surface area contributed by atoms with Gasteiger partial charge in [0, 0.05) is 58.4 Å². The molecule has 4 rings (SSSR count). The molecule has 2 aromatic rings. The monoisotopic (exact) mass is 544 g/mol. The number of hydrogen-bond donors (Lipinski definition) is 1. The van der Waals surface area contributed by atoms with Crippen molar-refractivity contribution in [2.45, 2.75) is 31.5 Å². The van der Waals surface area contributed by atoms with Crippen molar-refractivity contribution >= 4 is 17.5 Å². The Morgan fingerprint density at radius 2 is 1.79 bits per heavy atom. The predicted molar refractivity (Wildman–Crippen MR) is 142 cm³/mol.